The van der Waals surface area contributed by atoms with Crippen LogP contribution in [-0.4, -0.2) is 60.4 Å². The van der Waals surface area contributed by atoms with Crippen LogP contribution >= 0.6 is 23.1 Å². The highest BCUT2D eigenvalue weighted by Crippen LogP contribution is 2.34. The molecule has 0 spiro atoms. The maximum Gasteiger partial charge on any atom is 0.263 e. The zero-order valence-corrected chi connectivity index (χ0v) is 18.0. The molecule has 0 saturated carbocycles. The fourth-order valence-electron chi connectivity index (χ4n) is 3.49. The number of aliphatic hydroxyl groups excluding tert-OH is 1. The van der Waals surface area contributed by atoms with Gasteiger partial charge >= 0.3 is 0 Å². The first-order valence-corrected chi connectivity index (χ1v) is 11.6. The summed E-state index contributed by atoms with van der Waals surface area (Å²) in [5.74, 6) is 1.29. The lowest BCUT2D eigenvalue weighted by Gasteiger charge is -2.12. The van der Waals surface area contributed by atoms with Crippen molar-refractivity contribution in [2.45, 2.75) is 50.9 Å². The zero-order valence-electron chi connectivity index (χ0n) is 16.3. The van der Waals surface area contributed by atoms with Crippen molar-refractivity contribution < 1.29 is 9.84 Å². The molecule has 3 heterocycles. The lowest BCUT2D eigenvalue weighted by molar-refractivity contribution is 0.0830. The fraction of sp³-hybridized carbons (Fsp3) is 0.611. The smallest absolute Gasteiger partial charge is 0.263 e. The Balaban J connectivity index is 1.64. The topological polar surface area (TPSA) is 108 Å². The molecule has 0 fully saturated rings. The van der Waals surface area contributed by atoms with Crippen LogP contribution in [0.15, 0.2) is 9.95 Å². The van der Waals surface area contributed by atoms with Gasteiger partial charge in [-0.3, -0.25) is 9.36 Å². The number of aromatic nitrogens is 6. The van der Waals surface area contributed by atoms with E-state index in [9.17, 15) is 4.79 Å². The quantitative estimate of drug-likeness (QED) is 0.305. The van der Waals surface area contributed by atoms with E-state index in [0.29, 0.717) is 24.1 Å². The fourth-order valence-corrected chi connectivity index (χ4v) is 5.51. The van der Waals surface area contributed by atoms with E-state index >= 15 is 0 Å². The Labute approximate surface area is 176 Å². The summed E-state index contributed by atoms with van der Waals surface area (Å²) in [7, 11) is 0. The summed E-state index contributed by atoms with van der Waals surface area (Å²) >= 11 is 3.22. The van der Waals surface area contributed by atoms with Crippen LogP contribution in [0.3, 0.4) is 0 Å². The summed E-state index contributed by atoms with van der Waals surface area (Å²) in [5, 5.41) is 22.7. The molecule has 0 amide bonds. The zero-order chi connectivity index (χ0) is 20.2. The molecule has 3 aromatic rings. The Hall–Kier alpha value is -1.82. The predicted octanol–water partition coefficient (Wildman–Crippen LogP) is 1.49. The average Bonchev–Trinajstić information content (AvgIpc) is 3.32. The summed E-state index contributed by atoms with van der Waals surface area (Å²) in [5.41, 5.74) is 1.18. The van der Waals surface area contributed by atoms with Gasteiger partial charge in [0.15, 0.2) is 11.0 Å². The summed E-state index contributed by atoms with van der Waals surface area (Å²) in [6, 6.07) is 0. The average molecular weight is 437 g/mol. The van der Waals surface area contributed by atoms with Crippen molar-refractivity contribution in [3.05, 3.63) is 26.6 Å². The number of rotatable bonds is 9. The maximum absolute atomic E-state index is 13.4. The van der Waals surface area contributed by atoms with Crippen LogP contribution in [0, 0.1) is 0 Å². The molecule has 29 heavy (non-hydrogen) atoms. The molecule has 1 aliphatic rings. The molecule has 0 saturated heterocycles. The van der Waals surface area contributed by atoms with Gasteiger partial charge in [-0.25, -0.2) is 4.98 Å². The number of aliphatic hydroxyl groups is 1. The lowest BCUT2D eigenvalue weighted by atomic mass is 9.97. The number of thiophene rings is 1. The largest absolute Gasteiger partial charge is 0.394 e. The Kier molecular flexibility index (Phi) is 6.58. The Bertz CT molecular complexity index is 1040. The van der Waals surface area contributed by atoms with Gasteiger partial charge in [-0.05, 0) is 42.2 Å². The minimum Gasteiger partial charge on any atom is -0.394 e. The van der Waals surface area contributed by atoms with Crippen LogP contribution in [0.2, 0.25) is 0 Å². The first kappa shape index (κ1) is 20.5. The molecule has 9 nitrogen and oxygen atoms in total. The van der Waals surface area contributed by atoms with Crippen molar-refractivity contribution in [2.24, 2.45) is 0 Å². The van der Waals surface area contributed by atoms with Crippen LogP contribution in [0.5, 0.6) is 0 Å². The van der Waals surface area contributed by atoms with E-state index in [0.717, 1.165) is 35.2 Å². The highest BCUT2D eigenvalue weighted by molar-refractivity contribution is 7.99. The molecule has 0 bridgehead atoms. The third-order valence-electron chi connectivity index (χ3n) is 4.78. The van der Waals surface area contributed by atoms with Gasteiger partial charge in [0.2, 0.25) is 0 Å². The third kappa shape index (κ3) is 4.37. The number of ether oxygens (including phenoxy) is 1. The standard InChI is InChI=1S/C18H24N6O3S2/c1-2-28-18-19-16-15(12-5-3-4-6-13(12)29-16)17(26)23(18)11-14-20-22-24(21-14)7-9-27-10-8-25/h25H,2-11H2,1H3. The number of fused-ring (bicyclic) bond motifs is 3. The molecule has 0 atom stereocenters. The molecule has 0 unspecified atom stereocenters. The van der Waals surface area contributed by atoms with Crippen molar-refractivity contribution in [3.63, 3.8) is 0 Å². The van der Waals surface area contributed by atoms with E-state index in [4.69, 9.17) is 14.8 Å². The molecule has 3 aromatic heterocycles. The number of hydrogen-bond donors (Lipinski definition) is 1. The molecular weight excluding hydrogens is 412 g/mol. The predicted molar refractivity (Wildman–Crippen MR) is 112 cm³/mol. The van der Waals surface area contributed by atoms with Gasteiger partial charge < -0.3 is 9.84 Å². The van der Waals surface area contributed by atoms with E-state index in [1.165, 1.54) is 21.7 Å². The van der Waals surface area contributed by atoms with Gasteiger partial charge in [-0.15, -0.1) is 21.5 Å². The molecule has 1 N–H and O–H groups in total. The molecular formula is C18H24N6O3S2. The molecule has 0 aliphatic heterocycles. The second-order valence-corrected chi connectivity index (χ2v) is 9.06. The van der Waals surface area contributed by atoms with Crippen LogP contribution in [-0.2, 0) is 30.7 Å². The third-order valence-corrected chi connectivity index (χ3v) is 6.82. The van der Waals surface area contributed by atoms with Gasteiger partial charge in [-0.2, -0.15) is 4.80 Å². The lowest BCUT2D eigenvalue weighted by Crippen LogP contribution is -2.25. The van der Waals surface area contributed by atoms with Crippen molar-refractivity contribution in [3.8, 4) is 0 Å². The van der Waals surface area contributed by atoms with Gasteiger partial charge in [-0.1, -0.05) is 18.7 Å². The summed E-state index contributed by atoms with van der Waals surface area (Å²) in [4.78, 5) is 21.8. The second-order valence-electron chi connectivity index (χ2n) is 6.75. The van der Waals surface area contributed by atoms with Gasteiger partial charge in [0.25, 0.3) is 5.56 Å². The van der Waals surface area contributed by atoms with Crippen LogP contribution in [0.1, 0.15) is 36.0 Å². The van der Waals surface area contributed by atoms with Crippen molar-refractivity contribution in [1.29, 1.82) is 0 Å². The Morgan fingerprint density at radius 1 is 1.28 bits per heavy atom. The SMILES string of the molecule is CCSc1nc2sc3c(c2c(=O)n1Cc1nnn(CCOCCO)n1)CCCC3. The molecule has 0 radical (unpaired) electrons. The first-order valence-electron chi connectivity index (χ1n) is 9.84. The maximum atomic E-state index is 13.4. The highest BCUT2D eigenvalue weighted by atomic mass is 32.2. The monoisotopic (exact) mass is 436 g/mol. The minimum atomic E-state index is -0.0153. The molecule has 0 aromatic carbocycles. The molecule has 11 heteroatoms. The van der Waals surface area contributed by atoms with E-state index < -0.39 is 0 Å². The molecule has 1 aliphatic carbocycles. The summed E-state index contributed by atoms with van der Waals surface area (Å²) < 4.78 is 6.91. The van der Waals surface area contributed by atoms with Gasteiger partial charge in [0.1, 0.15) is 4.83 Å². The van der Waals surface area contributed by atoms with Crippen molar-refractivity contribution in [2.75, 3.05) is 25.6 Å². The Morgan fingerprint density at radius 3 is 2.97 bits per heavy atom. The highest BCUT2D eigenvalue weighted by Gasteiger charge is 2.22. The summed E-state index contributed by atoms with van der Waals surface area (Å²) in [6.07, 6.45) is 4.30. The van der Waals surface area contributed by atoms with E-state index in [-0.39, 0.29) is 25.3 Å². The number of nitrogens with zero attached hydrogens (tertiary/aromatic N) is 6. The molecule has 4 rings (SSSR count). The van der Waals surface area contributed by atoms with Gasteiger partial charge in [0.05, 0.1) is 38.3 Å². The number of hydrogen-bond acceptors (Lipinski definition) is 9. The number of tetrazole rings is 1. The van der Waals surface area contributed by atoms with Crippen LogP contribution in [0.25, 0.3) is 10.2 Å². The first-order chi connectivity index (χ1) is 14.2. The van der Waals surface area contributed by atoms with Crippen molar-refractivity contribution in [1.82, 2.24) is 29.8 Å². The summed E-state index contributed by atoms with van der Waals surface area (Å²) in [6.45, 7) is 3.39. The van der Waals surface area contributed by atoms with E-state index in [1.54, 1.807) is 27.7 Å². The van der Waals surface area contributed by atoms with Crippen LogP contribution < -0.4 is 5.56 Å². The normalized spacial score (nSPS) is 13.9. The number of aryl methyl sites for hydroxylation is 2. The second kappa shape index (κ2) is 9.33. The van der Waals surface area contributed by atoms with E-state index in [1.807, 2.05) is 6.92 Å². The number of thioether (sulfide) groups is 1. The minimum absolute atomic E-state index is 0.00650. The Morgan fingerprint density at radius 2 is 2.14 bits per heavy atom. The van der Waals surface area contributed by atoms with Crippen molar-refractivity contribution >= 4 is 33.3 Å². The van der Waals surface area contributed by atoms with E-state index in [2.05, 4.69) is 15.4 Å². The van der Waals surface area contributed by atoms with Crippen LogP contribution in [0.4, 0.5) is 0 Å². The molecule has 156 valence electrons. The van der Waals surface area contributed by atoms with Gasteiger partial charge in [0, 0.05) is 4.88 Å².